The SMILES string of the molecule is c1ccc(-c2cccc(-c3ccc(N(c4ccccc4)c4ccc5c(c4)oc4ccc6ccccc6c45)cc3)c2)cc1. The quantitative estimate of drug-likeness (QED) is 0.217. The minimum absolute atomic E-state index is 0.883. The molecule has 0 radical (unpaired) electrons. The Morgan fingerprint density at radius 2 is 0.976 bits per heavy atom. The molecule has 1 aromatic heterocycles. The Morgan fingerprint density at radius 3 is 1.76 bits per heavy atom. The number of para-hydroxylation sites is 1. The van der Waals surface area contributed by atoms with E-state index in [4.69, 9.17) is 4.42 Å². The van der Waals surface area contributed by atoms with Gasteiger partial charge in [-0.3, -0.25) is 0 Å². The van der Waals surface area contributed by atoms with Crippen LogP contribution in [-0.2, 0) is 0 Å². The van der Waals surface area contributed by atoms with Crippen molar-refractivity contribution in [1.82, 2.24) is 0 Å². The summed E-state index contributed by atoms with van der Waals surface area (Å²) < 4.78 is 6.42. The van der Waals surface area contributed by atoms with Crippen LogP contribution in [0, 0.1) is 0 Å². The van der Waals surface area contributed by atoms with E-state index in [1.54, 1.807) is 0 Å². The predicted octanol–water partition coefficient (Wildman–Crippen LogP) is 11.5. The van der Waals surface area contributed by atoms with Gasteiger partial charge in [-0.05, 0) is 81.6 Å². The van der Waals surface area contributed by atoms with Crippen molar-refractivity contribution in [2.75, 3.05) is 4.90 Å². The van der Waals surface area contributed by atoms with Gasteiger partial charge in [-0.2, -0.15) is 0 Å². The van der Waals surface area contributed by atoms with Crippen LogP contribution in [0.3, 0.4) is 0 Å². The van der Waals surface area contributed by atoms with E-state index >= 15 is 0 Å². The van der Waals surface area contributed by atoms with Crippen molar-refractivity contribution in [1.29, 1.82) is 0 Å². The molecule has 0 aliphatic carbocycles. The Bertz CT molecular complexity index is 2180. The van der Waals surface area contributed by atoms with Gasteiger partial charge in [0.15, 0.2) is 0 Å². The van der Waals surface area contributed by atoms with Crippen molar-refractivity contribution < 1.29 is 4.42 Å². The number of furan rings is 1. The van der Waals surface area contributed by atoms with Gasteiger partial charge < -0.3 is 9.32 Å². The highest BCUT2D eigenvalue weighted by Gasteiger charge is 2.16. The summed E-state index contributed by atoms with van der Waals surface area (Å²) in [6.07, 6.45) is 0. The van der Waals surface area contributed by atoms with Gasteiger partial charge in [0.1, 0.15) is 11.2 Å². The largest absolute Gasteiger partial charge is 0.456 e. The molecule has 42 heavy (non-hydrogen) atoms. The lowest BCUT2D eigenvalue weighted by molar-refractivity contribution is 0.669. The lowest BCUT2D eigenvalue weighted by Gasteiger charge is -2.25. The first-order valence-corrected chi connectivity index (χ1v) is 14.3. The number of anilines is 3. The fourth-order valence-electron chi connectivity index (χ4n) is 6.01. The topological polar surface area (TPSA) is 16.4 Å². The zero-order chi connectivity index (χ0) is 27.9. The van der Waals surface area contributed by atoms with Crippen LogP contribution in [0.5, 0.6) is 0 Å². The van der Waals surface area contributed by atoms with Crippen molar-refractivity contribution >= 4 is 49.8 Å². The number of fused-ring (bicyclic) bond motifs is 5. The van der Waals surface area contributed by atoms with E-state index in [2.05, 4.69) is 169 Å². The van der Waals surface area contributed by atoms with Gasteiger partial charge in [-0.25, -0.2) is 0 Å². The van der Waals surface area contributed by atoms with Crippen molar-refractivity contribution in [3.8, 4) is 22.3 Å². The molecule has 0 fully saturated rings. The van der Waals surface area contributed by atoms with Gasteiger partial charge in [0.05, 0.1) is 0 Å². The van der Waals surface area contributed by atoms with Crippen molar-refractivity contribution in [2.45, 2.75) is 0 Å². The maximum atomic E-state index is 6.42. The summed E-state index contributed by atoms with van der Waals surface area (Å²) in [6.45, 7) is 0. The van der Waals surface area contributed by atoms with Crippen LogP contribution >= 0.6 is 0 Å². The van der Waals surface area contributed by atoms with Gasteiger partial charge in [-0.1, -0.05) is 109 Å². The van der Waals surface area contributed by atoms with E-state index in [0.717, 1.165) is 33.6 Å². The van der Waals surface area contributed by atoms with Crippen LogP contribution in [0.15, 0.2) is 168 Å². The summed E-state index contributed by atoms with van der Waals surface area (Å²) in [5.74, 6) is 0. The smallest absolute Gasteiger partial charge is 0.137 e. The Hall–Kier alpha value is -5.60. The van der Waals surface area contributed by atoms with Gasteiger partial charge >= 0.3 is 0 Å². The molecule has 0 spiro atoms. The average Bonchev–Trinajstić information content (AvgIpc) is 3.45. The molecule has 2 nitrogen and oxygen atoms in total. The first-order chi connectivity index (χ1) is 20.8. The van der Waals surface area contributed by atoms with Crippen LogP contribution in [0.2, 0.25) is 0 Å². The molecular formula is C40H27NO. The summed E-state index contributed by atoms with van der Waals surface area (Å²) in [4.78, 5) is 2.29. The Morgan fingerprint density at radius 1 is 0.357 bits per heavy atom. The molecule has 0 amide bonds. The molecule has 0 aliphatic heterocycles. The summed E-state index contributed by atoms with van der Waals surface area (Å²) in [6, 6.07) is 57.9. The summed E-state index contributed by atoms with van der Waals surface area (Å²) in [7, 11) is 0. The van der Waals surface area contributed by atoms with Gasteiger partial charge in [0.2, 0.25) is 0 Å². The van der Waals surface area contributed by atoms with Gasteiger partial charge in [0.25, 0.3) is 0 Å². The molecule has 0 bridgehead atoms. The van der Waals surface area contributed by atoms with E-state index in [9.17, 15) is 0 Å². The molecule has 0 aliphatic rings. The third-order valence-corrected chi connectivity index (χ3v) is 8.05. The zero-order valence-electron chi connectivity index (χ0n) is 22.9. The second-order valence-corrected chi connectivity index (χ2v) is 10.6. The highest BCUT2D eigenvalue weighted by Crippen LogP contribution is 2.40. The first kappa shape index (κ1) is 24.2. The molecule has 0 unspecified atom stereocenters. The summed E-state index contributed by atoms with van der Waals surface area (Å²) in [5.41, 5.74) is 9.85. The molecule has 8 aromatic rings. The van der Waals surface area contributed by atoms with Crippen LogP contribution in [-0.4, -0.2) is 0 Å². The maximum Gasteiger partial charge on any atom is 0.137 e. The predicted molar refractivity (Wildman–Crippen MR) is 177 cm³/mol. The fraction of sp³-hybridized carbons (Fsp3) is 0. The number of hydrogen-bond donors (Lipinski definition) is 0. The molecule has 198 valence electrons. The lowest BCUT2D eigenvalue weighted by Crippen LogP contribution is -2.09. The van der Waals surface area contributed by atoms with E-state index in [1.807, 2.05) is 0 Å². The van der Waals surface area contributed by atoms with E-state index in [0.29, 0.717) is 0 Å². The monoisotopic (exact) mass is 537 g/mol. The third-order valence-electron chi connectivity index (χ3n) is 8.05. The lowest BCUT2D eigenvalue weighted by atomic mass is 9.99. The summed E-state index contributed by atoms with van der Waals surface area (Å²) >= 11 is 0. The fourth-order valence-corrected chi connectivity index (χ4v) is 6.01. The number of hydrogen-bond acceptors (Lipinski definition) is 2. The molecule has 2 heteroatoms. The second-order valence-electron chi connectivity index (χ2n) is 10.6. The molecule has 8 rings (SSSR count). The third kappa shape index (κ3) is 4.22. The standard InChI is InChI=1S/C40H27NO/c1-3-10-28(11-4-1)31-13-9-14-32(26-31)29-18-21-34(22-19-29)41(33-15-5-2-6-16-33)35-23-24-37-39(27-35)42-38-25-20-30-12-7-8-17-36(30)40(37)38/h1-27H. The molecular weight excluding hydrogens is 510 g/mol. The Kier molecular flexibility index (Phi) is 5.82. The molecule has 7 aromatic carbocycles. The molecule has 0 saturated carbocycles. The minimum Gasteiger partial charge on any atom is -0.456 e. The number of benzene rings is 7. The maximum absolute atomic E-state index is 6.42. The van der Waals surface area contributed by atoms with Crippen LogP contribution in [0.25, 0.3) is 55.0 Å². The van der Waals surface area contributed by atoms with E-state index in [-0.39, 0.29) is 0 Å². The van der Waals surface area contributed by atoms with E-state index < -0.39 is 0 Å². The average molecular weight is 538 g/mol. The van der Waals surface area contributed by atoms with Crippen LogP contribution in [0.1, 0.15) is 0 Å². The highest BCUT2D eigenvalue weighted by atomic mass is 16.3. The number of nitrogens with zero attached hydrogens (tertiary/aromatic N) is 1. The normalized spacial score (nSPS) is 11.3. The highest BCUT2D eigenvalue weighted by molar-refractivity contribution is 6.19. The zero-order valence-corrected chi connectivity index (χ0v) is 22.9. The van der Waals surface area contributed by atoms with Crippen molar-refractivity contribution in [2.24, 2.45) is 0 Å². The molecule has 0 saturated heterocycles. The Labute approximate surface area is 244 Å². The van der Waals surface area contributed by atoms with Crippen LogP contribution < -0.4 is 4.90 Å². The van der Waals surface area contributed by atoms with Crippen molar-refractivity contribution in [3.05, 3.63) is 164 Å². The minimum atomic E-state index is 0.883. The molecule has 1 heterocycles. The van der Waals surface area contributed by atoms with Gasteiger partial charge in [-0.15, -0.1) is 0 Å². The Balaban J connectivity index is 1.21. The van der Waals surface area contributed by atoms with E-state index in [1.165, 1.54) is 38.4 Å². The van der Waals surface area contributed by atoms with Crippen molar-refractivity contribution in [3.63, 3.8) is 0 Å². The first-order valence-electron chi connectivity index (χ1n) is 14.3. The molecule has 0 atom stereocenters. The molecule has 0 N–H and O–H groups in total. The van der Waals surface area contributed by atoms with Gasteiger partial charge in [0, 0.05) is 33.9 Å². The summed E-state index contributed by atoms with van der Waals surface area (Å²) in [5, 5.41) is 4.74. The van der Waals surface area contributed by atoms with Crippen LogP contribution in [0.4, 0.5) is 17.1 Å². The number of rotatable bonds is 5. The second kappa shape index (κ2) is 10.1.